The Labute approximate surface area is 204 Å². The number of methoxy groups -OCH3 is 1. The van der Waals surface area contributed by atoms with Crippen LogP contribution in [0.5, 0.6) is 11.5 Å². The second-order valence-electron chi connectivity index (χ2n) is 7.75. The summed E-state index contributed by atoms with van der Waals surface area (Å²) in [5.74, 6) is 2.45. The van der Waals surface area contributed by atoms with Crippen molar-refractivity contribution in [1.29, 1.82) is 0 Å². The molecule has 7 nitrogen and oxygen atoms in total. The zero-order valence-corrected chi connectivity index (χ0v) is 20.3. The number of hydrogen-bond donors (Lipinski definition) is 1. The summed E-state index contributed by atoms with van der Waals surface area (Å²) in [7, 11) is 1.67. The van der Waals surface area contributed by atoms with Gasteiger partial charge in [0.15, 0.2) is 11.5 Å². The maximum atomic E-state index is 6.21. The second-order valence-corrected chi connectivity index (χ2v) is 8.81. The number of hydrogen-bond acceptors (Lipinski definition) is 7. The number of benzene rings is 3. The van der Waals surface area contributed by atoms with Crippen molar-refractivity contribution in [1.82, 2.24) is 25.5 Å². The van der Waals surface area contributed by atoms with Gasteiger partial charge in [-0.1, -0.05) is 66.4 Å². The minimum absolute atomic E-state index is 0.507. The minimum atomic E-state index is 0.507. The Bertz CT molecular complexity index is 1180. The summed E-state index contributed by atoms with van der Waals surface area (Å²) in [4.78, 5) is 0. The Hall–Kier alpha value is -3.36. The zero-order chi connectivity index (χ0) is 23.6. The topological polar surface area (TPSA) is 74.1 Å². The maximum absolute atomic E-state index is 6.21. The number of rotatable bonds is 12. The van der Waals surface area contributed by atoms with E-state index in [0.717, 1.165) is 46.6 Å². The molecule has 1 N–H and O–H groups in total. The van der Waals surface area contributed by atoms with Crippen molar-refractivity contribution < 1.29 is 9.47 Å². The molecule has 34 heavy (non-hydrogen) atoms. The average Bonchev–Trinajstić information content (AvgIpc) is 3.35. The highest BCUT2D eigenvalue weighted by Gasteiger charge is 2.12. The molecule has 8 heteroatoms. The van der Waals surface area contributed by atoms with Crippen LogP contribution >= 0.6 is 11.8 Å². The van der Waals surface area contributed by atoms with Gasteiger partial charge in [-0.25, -0.2) is 0 Å². The van der Waals surface area contributed by atoms with E-state index in [0.29, 0.717) is 13.2 Å². The summed E-state index contributed by atoms with van der Waals surface area (Å²) in [6.45, 7) is 4.17. The fourth-order valence-corrected chi connectivity index (χ4v) is 4.36. The van der Waals surface area contributed by atoms with Crippen LogP contribution in [-0.4, -0.2) is 39.6 Å². The van der Waals surface area contributed by atoms with Crippen molar-refractivity contribution >= 4 is 11.8 Å². The van der Waals surface area contributed by atoms with Crippen LogP contribution < -0.4 is 14.8 Å². The van der Waals surface area contributed by atoms with Crippen LogP contribution in [0, 0.1) is 6.92 Å². The number of thioether (sulfide) groups is 1. The molecule has 0 radical (unpaired) electrons. The lowest BCUT2D eigenvalue weighted by Crippen LogP contribution is -2.16. The van der Waals surface area contributed by atoms with Crippen LogP contribution in [0.25, 0.3) is 5.69 Å². The van der Waals surface area contributed by atoms with Gasteiger partial charge in [0.25, 0.3) is 0 Å². The van der Waals surface area contributed by atoms with Crippen molar-refractivity contribution in [2.45, 2.75) is 31.7 Å². The van der Waals surface area contributed by atoms with Crippen molar-refractivity contribution in [3.8, 4) is 17.2 Å². The molecule has 1 heterocycles. The molecule has 0 aliphatic heterocycles. The average molecular weight is 476 g/mol. The zero-order valence-electron chi connectivity index (χ0n) is 19.5. The summed E-state index contributed by atoms with van der Waals surface area (Å²) in [5.41, 5.74) is 4.42. The van der Waals surface area contributed by atoms with E-state index in [-0.39, 0.29) is 0 Å². The Morgan fingerprint density at radius 2 is 1.74 bits per heavy atom. The molecule has 0 saturated heterocycles. The van der Waals surface area contributed by atoms with Crippen molar-refractivity contribution in [3.63, 3.8) is 0 Å². The Balaban J connectivity index is 1.27. The molecule has 0 fully saturated rings. The molecule has 0 saturated carbocycles. The van der Waals surface area contributed by atoms with Gasteiger partial charge < -0.3 is 14.8 Å². The number of nitrogens with one attached hydrogen (secondary N) is 1. The molecule has 0 bridgehead atoms. The van der Waals surface area contributed by atoms with Crippen LogP contribution in [0.4, 0.5) is 0 Å². The first kappa shape index (κ1) is 23.8. The molecular weight excluding hydrogens is 446 g/mol. The first-order valence-electron chi connectivity index (χ1n) is 11.3. The number of ether oxygens (including phenoxy) is 2. The molecule has 0 aliphatic rings. The summed E-state index contributed by atoms with van der Waals surface area (Å²) in [6.07, 6.45) is 0.982. The van der Waals surface area contributed by atoms with Crippen molar-refractivity contribution in [3.05, 3.63) is 89.5 Å². The smallest absolute Gasteiger partial charge is 0.214 e. The third kappa shape index (κ3) is 6.15. The minimum Gasteiger partial charge on any atom is -0.493 e. The van der Waals surface area contributed by atoms with E-state index in [4.69, 9.17) is 9.47 Å². The molecule has 0 amide bonds. The van der Waals surface area contributed by atoms with Gasteiger partial charge in [-0.15, -0.1) is 5.10 Å². The molecular formula is C26H29N5O2S. The Morgan fingerprint density at radius 1 is 0.941 bits per heavy atom. The normalized spacial score (nSPS) is 10.9. The molecule has 4 rings (SSSR count). The summed E-state index contributed by atoms with van der Waals surface area (Å²) in [6, 6.07) is 24.2. The second kappa shape index (κ2) is 12.2. The number of aromatic nitrogens is 4. The van der Waals surface area contributed by atoms with Gasteiger partial charge >= 0.3 is 0 Å². The van der Waals surface area contributed by atoms with E-state index in [2.05, 4.69) is 46.0 Å². The van der Waals surface area contributed by atoms with Gasteiger partial charge in [0.2, 0.25) is 5.16 Å². The fourth-order valence-electron chi connectivity index (χ4n) is 3.53. The first-order chi connectivity index (χ1) is 16.8. The Kier molecular flexibility index (Phi) is 8.54. The van der Waals surface area contributed by atoms with Crippen LogP contribution in [0.15, 0.2) is 78.0 Å². The summed E-state index contributed by atoms with van der Waals surface area (Å²) >= 11 is 1.65. The van der Waals surface area contributed by atoms with Crippen LogP contribution in [-0.2, 0) is 13.2 Å². The largest absolute Gasteiger partial charge is 0.493 e. The van der Waals surface area contributed by atoms with E-state index in [1.54, 1.807) is 23.6 Å². The van der Waals surface area contributed by atoms with Crippen molar-refractivity contribution in [2.75, 3.05) is 19.4 Å². The lowest BCUT2D eigenvalue weighted by molar-refractivity contribution is 0.280. The highest BCUT2D eigenvalue weighted by atomic mass is 32.2. The standard InChI is InChI=1S/C26H29N5O2S/c1-20-10-6-7-11-22(20)19-33-25-21(12-8-15-24(25)32-2)18-27-16-9-17-34-26-28-29-30-31(26)23-13-4-3-5-14-23/h3-8,10-15,27H,9,16-19H2,1-2H3. The van der Waals surface area contributed by atoms with Crippen LogP contribution in [0.1, 0.15) is 23.1 Å². The van der Waals surface area contributed by atoms with Gasteiger partial charge in [-0.2, -0.15) is 4.68 Å². The summed E-state index contributed by atoms with van der Waals surface area (Å²) < 4.78 is 13.5. The predicted molar refractivity (Wildman–Crippen MR) is 135 cm³/mol. The highest BCUT2D eigenvalue weighted by Crippen LogP contribution is 2.32. The molecule has 0 unspecified atom stereocenters. The molecule has 0 atom stereocenters. The van der Waals surface area contributed by atoms with E-state index < -0.39 is 0 Å². The lowest BCUT2D eigenvalue weighted by Gasteiger charge is -2.16. The third-order valence-corrected chi connectivity index (χ3v) is 6.41. The van der Waals surface area contributed by atoms with Crippen molar-refractivity contribution in [2.24, 2.45) is 0 Å². The van der Waals surface area contributed by atoms with Gasteiger partial charge in [0.1, 0.15) is 6.61 Å². The number of tetrazole rings is 1. The molecule has 0 spiro atoms. The molecule has 0 aliphatic carbocycles. The SMILES string of the molecule is COc1cccc(CNCCCSc2nnnn2-c2ccccc2)c1OCc1ccccc1C. The molecule has 176 valence electrons. The molecule has 3 aromatic carbocycles. The van der Waals surface area contributed by atoms with Gasteiger partial charge in [-0.3, -0.25) is 0 Å². The van der Waals surface area contributed by atoms with E-state index >= 15 is 0 Å². The number of para-hydroxylation sites is 2. The van der Waals surface area contributed by atoms with Gasteiger partial charge in [0, 0.05) is 17.9 Å². The maximum Gasteiger partial charge on any atom is 0.214 e. The van der Waals surface area contributed by atoms with E-state index in [9.17, 15) is 0 Å². The van der Waals surface area contributed by atoms with Crippen LogP contribution in [0.3, 0.4) is 0 Å². The number of aryl methyl sites for hydroxylation is 1. The number of nitrogens with zero attached hydrogens (tertiary/aromatic N) is 4. The van der Waals surface area contributed by atoms with E-state index in [1.165, 1.54) is 11.1 Å². The predicted octanol–water partition coefficient (Wildman–Crippen LogP) is 4.83. The molecule has 1 aromatic heterocycles. The highest BCUT2D eigenvalue weighted by molar-refractivity contribution is 7.99. The molecule has 4 aromatic rings. The quantitative estimate of drug-likeness (QED) is 0.232. The van der Waals surface area contributed by atoms with Gasteiger partial charge in [-0.05, 0) is 59.6 Å². The van der Waals surface area contributed by atoms with E-state index in [1.807, 2.05) is 54.6 Å². The Morgan fingerprint density at radius 3 is 2.56 bits per heavy atom. The third-order valence-electron chi connectivity index (χ3n) is 5.40. The summed E-state index contributed by atoms with van der Waals surface area (Å²) in [5, 5.41) is 16.4. The first-order valence-corrected chi connectivity index (χ1v) is 12.3. The fraction of sp³-hybridized carbons (Fsp3) is 0.269. The van der Waals surface area contributed by atoms with Gasteiger partial charge in [0.05, 0.1) is 12.8 Å². The monoisotopic (exact) mass is 475 g/mol. The lowest BCUT2D eigenvalue weighted by atomic mass is 10.1. The van der Waals surface area contributed by atoms with Crippen LogP contribution in [0.2, 0.25) is 0 Å².